The molecule has 2 rings (SSSR count). The van der Waals surface area contributed by atoms with E-state index in [0.717, 1.165) is 12.0 Å². The van der Waals surface area contributed by atoms with Crippen LogP contribution in [0.3, 0.4) is 0 Å². The molecule has 0 saturated carbocycles. The van der Waals surface area contributed by atoms with Crippen molar-refractivity contribution in [3.63, 3.8) is 0 Å². The summed E-state index contributed by atoms with van der Waals surface area (Å²) in [6, 6.07) is 7.43. The van der Waals surface area contributed by atoms with Crippen molar-refractivity contribution >= 4 is 11.9 Å². The summed E-state index contributed by atoms with van der Waals surface area (Å²) >= 11 is 0. The summed E-state index contributed by atoms with van der Waals surface area (Å²) < 4.78 is 0. The van der Waals surface area contributed by atoms with Gasteiger partial charge in [-0.05, 0) is 31.4 Å². The highest BCUT2D eigenvalue weighted by Crippen LogP contribution is 2.28. The Kier molecular flexibility index (Phi) is 3.60. The van der Waals surface area contributed by atoms with Crippen molar-refractivity contribution in [3.05, 3.63) is 35.4 Å². The molecule has 4 nitrogen and oxygen atoms in total. The van der Waals surface area contributed by atoms with Crippen molar-refractivity contribution in [3.8, 4) is 0 Å². The molecule has 0 saturated heterocycles. The standard InChI is InChI=1S/C15H19NO3/c1-3-9-15(2,14(18)19)16-10-8-11-6-4-5-7-12(11)13(16)17/h4-7H,3,8-10H2,1-2H3,(H,18,19). The smallest absolute Gasteiger partial charge is 0.329 e. The number of carbonyl (C=O) groups is 2. The van der Waals surface area contributed by atoms with E-state index in [1.165, 1.54) is 4.90 Å². The van der Waals surface area contributed by atoms with Crippen LogP contribution in [0.5, 0.6) is 0 Å². The zero-order valence-electron chi connectivity index (χ0n) is 11.3. The Morgan fingerprint density at radius 2 is 2.11 bits per heavy atom. The monoisotopic (exact) mass is 261 g/mol. The first-order chi connectivity index (χ1) is 9.00. The molecule has 0 spiro atoms. The average molecular weight is 261 g/mol. The molecule has 1 N–H and O–H groups in total. The summed E-state index contributed by atoms with van der Waals surface area (Å²) in [6.45, 7) is 4.05. The Bertz CT molecular complexity index is 512. The summed E-state index contributed by atoms with van der Waals surface area (Å²) in [5.41, 5.74) is 0.532. The van der Waals surface area contributed by atoms with Crippen LogP contribution in [0.1, 0.15) is 42.6 Å². The zero-order valence-corrected chi connectivity index (χ0v) is 11.3. The molecule has 1 unspecified atom stereocenters. The van der Waals surface area contributed by atoms with Gasteiger partial charge in [0, 0.05) is 12.1 Å². The lowest BCUT2D eigenvalue weighted by Gasteiger charge is -2.40. The average Bonchev–Trinajstić information content (AvgIpc) is 2.39. The number of nitrogens with zero attached hydrogens (tertiary/aromatic N) is 1. The molecule has 1 aliphatic heterocycles. The van der Waals surface area contributed by atoms with Gasteiger partial charge in [-0.25, -0.2) is 4.79 Å². The molecule has 1 aromatic rings. The summed E-state index contributed by atoms with van der Waals surface area (Å²) in [7, 11) is 0. The third-order valence-electron chi connectivity index (χ3n) is 3.89. The number of carboxylic acids is 1. The second kappa shape index (κ2) is 5.03. The molecule has 1 heterocycles. The van der Waals surface area contributed by atoms with Crippen molar-refractivity contribution in [1.29, 1.82) is 0 Å². The van der Waals surface area contributed by atoms with Crippen LogP contribution in [0.4, 0.5) is 0 Å². The SMILES string of the molecule is CCCC(C)(C(=O)O)N1CCc2ccccc2C1=O. The Labute approximate surface area is 113 Å². The molecule has 1 aromatic carbocycles. The van der Waals surface area contributed by atoms with E-state index in [-0.39, 0.29) is 5.91 Å². The first-order valence-corrected chi connectivity index (χ1v) is 6.64. The van der Waals surface area contributed by atoms with Crippen LogP contribution in [0.25, 0.3) is 0 Å². The van der Waals surface area contributed by atoms with Crippen LogP contribution >= 0.6 is 0 Å². The van der Waals surface area contributed by atoms with Crippen LogP contribution in [0.15, 0.2) is 24.3 Å². The van der Waals surface area contributed by atoms with Gasteiger partial charge in [0.1, 0.15) is 5.54 Å². The maximum Gasteiger partial charge on any atom is 0.329 e. The molecular formula is C15H19NO3. The minimum absolute atomic E-state index is 0.166. The van der Waals surface area contributed by atoms with Gasteiger partial charge in [0.05, 0.1) is 0 Å². The molecule has 1 amide bonds. The minimum atomic E-state index is -1.11. The number of carbonyl (C=O) groups excluding carboxylic acids is 1. The molecule has 1 atom stereocenters. The summed E-state index contributed by atoms with van der Waals surface area (Å²) in [5.74, 6) is -1.10. The molecule has 1 aliphatic rings. The Balaban J connectivity index is 2.38. The van der Waals surface area contributed by atoms with E-state index < -0.39 is 11.5 Å². The molecule has 0 fully saturated rings. The van der Waals surface area contributed by atoms with Crippen LogP contribution in [0, 0.1) is 0 Å². The van der Waals surface area contributed by atoms with Gasteiger partial charge in [-0.15, -0.1) is 0 Å². The highest BCUT2D eigenvalue weighted by Gasteiger charge is 2.43. The van der Waals surface area contributed by atoms with Crippen molar-refractivity contribution in [1.82, 2.24) is 4.90 Å². The van der Waals surface area contributed by atoms with Crippen LogP contribution in [-0.2, 0) is 11.2 Å². The number of aliphatic carboxylic acids is 1. The molecular weight excluding hydrogens is 242 g/mol. The zero-order chi connectivity index (χ0) is 14.0. The Morgan fingerprint density at radius 1 is 1.42 bits per heavy atom. The van der Waals surface area contributed by atoms with Crippen molar-refractivity contribution in [2.45, 2.75) is 38.6 Å². The number of fused-ring (bicyclic) bond motifs is 1. The van der Waals surface area contributed by atoms with Gasteiger partial charge in [0.25, 0.3) is 5.91 Å². The summed E-state index contributed by atoms with van der Waals surface area (Å²) in [5, 5.41) is 9.49. The molecule has 0 aliphatic carbocycles. The van der Waals surface area contributed by atoms with E-state index in [1.54, 1.807) is 13.0 Å². The van der Waals surface area contributed by atoms with Gasteiger partial charge in [0.2, 0.25) is 0 Å². The molecule has 0 bridgehead atoms. The fourth-order valence-electron chi connectivity index (χ4n) is 2.74. The molecule has 102 valence electrons. The van der Waals surface area contributed by atoms with Crippen LogP contribution < -0.4 is 0 Å². The third-order valence-corrected chi connectivity index (χ3v) is 3.89. The first-order valence-electron chi connectivity index (χ1n) is 6.64. The number of amides is 1. The molecule has 0 radical (unpaired) electrons. The van der Waals surface area contributed by atoms with Crippen LogP contribution in [0.2, 0.25) is 0 Å². The lowest BCUT2D eigenvalue weighted by Crippen LogP contribution is -2.57. The van der Waals surface area contributed by atoms with Gasteiger partial charge in [-0.2, -0.15) is 0 Å². The van der Waals surface area contributed by atoms with Gasteiger partial charge in [0.15, 0.2) is 0 Å². The molecule has 4 heteroatoms. The fraction of sp³-hybridized carbons (Fsp3) is 0.467. The lowest BCUT2D eigenvalue weighted by molar-refractivity contribution is -0.149. The van der Waals surface area contributed by atoms with Gasteiger partial charge in [-0.3, -0.25) is 4.79 Å². The highest BCUT2D eigenvalue weighted by molar-refractivity contribution is 5.99. The van der Waals surface area contributed by atoms with Crippen LogP contribution in [-0.4, -0.2) is 34.0 Å². The van der Waals surface area contributed by atoms with E-state index in [0.29, 0.717) is 24.9 Å². The second-order valence-corrected chi connectivity index (χ2v) is 5.19. The first kappa shape index (κ1) is 13.6. The lowest BCUT2D eigenvalue weighted by atomic mass is 9.89. The van der Waals surface area contributed by atoms with Crippen molar-refractivity contribution in [2.75, 3.05) is 6.54 Å². The molecule has 19 heavy (non-hydrogen) atoms. The Hall–Kier alpha value is -1.84. The second-order valence-electron chi connectivity index (χ2n) is 5.19. The minimum Gasteiger partial charge on any atom is -0.480 e. The van der Waals surface area contributed by atoms with E-state index >= 15 is 0 Å². The summed E-state index contributed by atoms with van der Waals surface area (Å²) in [6.07, 6.45) is 1.92. The predicted octanol–water partition coefficient (Wildman–Crippen LogP) is 2.33. The quantitative estimate of drug-likeness (QED) is 0.905. The number of benzene rings is 1. The number of hydrogen-bond acceptors (Lipinski definition) is 2. The normalized spacial score (nSPS) is 17.8. The van der Waals surface area contributed by atoms with Gasteiger partial charge < -0.3 is 10.0 Å². The fourth-order valence-corrected chi connectivity index (χ4v) is 2.74. The summed E-state index contributed by atoms with van der Waals surface area (Å²) in [4.78, 5) is 25.6. The van der Waals surface area contributed by atoms with Crippen molar-refractivity contribution in [2.24, 2.45) is 0 Å². The van der Waals surface area contributed by atoms with E-state index in [1.807, 2.05) is 25.1 Å². The number of carboxylic acid groups (broad SMARTS) is 1. The van der Waals surface area contributed by atoms with Crippen molar-refractivity contribution < 1.29 is 14.7 Å². The Morgan fingerprint density at radius 3 is 2.74 bits per heavy atom. The maximum atomic E-state index is 12.5. The third kappa shape index (κ3) is 2.23. The van der Waals surface area contributed by atoms with E-state index in [9.17, 15) is 14.7 Å². The van der Waals surface area contributed by atoms with Gasteiger partial charge >= 0.3 is 5.97 Å². The number of hydrogen-bond donors (Lipinski definition) is 1. The highest BCUT2D eigenvalue weighted by atomic mass is 16.4. The van der Waals surface area contributed by atoms with E-state index in [2.05, 4.69) is 0 Å². The van der Waals surface area contributed by atoms with E-state index in [4.69, 9.17) is 0 Å². The topological polar surface area (TPSA) is 57.6 Å². The molecule has 0 aromatic heterocycles. The maximum absolute atomic E-state index is 12.5. The predicted molar refractivity (Wildman–Crippen MR) is 72.1 cm³/mol. The largest absolute Gasteiger partial charge is 0.480 e. The van der Waals surface area contributed by atoms with Gasteiger partial charge in [-0.1, -0.05) is 31.5 Å². The number of rotatable bonds is 4.